The minimum atomic E-state index is -0.545. The van der Waals surface area contributed by atoms with Crippen molar-refractivity contribution in [3.8, 4) is 0 Å². The van der Waals surface area contributed by atoms with Gasteiger partial charge in [0, 0.05) is 24.9 Å². The molecule has 0 aliphatic heterocycles. The van der Waals surface area contributed by atoms with Gasteiger partial charge in [-0.05, 0) is 23.1 Å². The highest BCUT2D eigenvalue weighted by atomic mass is 19.1. The fourth-order valence-electron chi connectivity index (χ4n) is 2.25. The first-order valence-corrected chi connectivity index (χ1v) is 6.38. The van der Waals surface area contributed by atoms with E-state index in [2.05, 4.69) is 10.3 Å². The average molecular weight is 285 g/mol. The number of nitrogens with one attached hydrogen (secondary N) is 2. The van der Waals surface area contributed by atoms with Gasteiger partial charge in [-0.15, -0.1) is 0 Å². The molecule has 106 valence electrons. The van der Waals surface area contributed by atoms with Gasteiger partial charge in [0.25, 0.3) is 5.69 Å². The molecule has 0 radical (unpaired) electrons. The van der Waals surface area contributed by atoms with Crippen LogP contribution in [-0.2, 0) is 6.54 Å². The van der Waals surface area contributed by atoms with E-state index in [-0.39, 0.29) is 11.4 Å². The third-order valence-corrected chi connectivity index (χ3v) is 3.30. The molecule has 5 nitrogen and oxygen atoms in total. The summed E-state index contributed by atoms with van der Waals surface area (Å²) < 4.78 is 13.7. The van der Waals surface area contributed by atoms with Gasteiger partial charge in [0.15, 0.2) is 0 Å². The molecule has 6 heteroatoms. The van der Waals surface area contributed by atoms with Crippen LogP contribution in [-0.4, -0.2) is 9.91 Å². The monoisotopic (exact) mass is 285 g/mol. The van der Waals surface area contributed by atoms with Crippen molar-refractivity contribution in [3.63, 3.8) is 0 Å². The summed E-state index contributed by atoms with van der Waals surface area (Å²) in [7, 11) is 0. The van der Waals surface area contributed by atoms with Crippen LogP contribution in [0.3, 0.4) is 0 Å². The first kappa shape index (κ1) is 13.1. The zero-order valence-corrected chi connectivity index (χ0v) is 11.0. The van der Waals surface area contributed by atoms with Crippen molar-refractivity contribution in [3.05, 3.63) is 70.2 Å². The Bertz CT molecular complexity index is 814. The van der Waals surface area contributed by atoms with Gasteiger partial charge in [-0.3, -0.25) is 10.1 Å². The summed E-state index contributed by atoms with van der Waals surface area (Å²) in [5.74, 6) is -0.515. The van der Waals surface area contributed by atoms with Crippen LogP contribution in [0, 0.1) is 15.9 Å². The summed E-state index contributed by atoms with van der Waals surface area (Å²) in [6, 6.07) is 11.2. The van der Waals surface area contributed by atoms with Crippen LogP contribution in [0.1, 0.15) is 5.56 Å². The molecule has 0 unspecified atom stereocenters. The Morgan fingerprint density at radius 3 is 2.90 bits per heavy atom. The number of aromatic nitrogens is 1. The van der Waals surface area contributed by atoms with Crippen LogP contribution in [0.4, 0.5) is 15.8 Å². The summed E-state index contributed by atoms with van der Waals surface area (Å²) in [6.45, 7) is 0.371. The lowest BCUT2D eigenvalue weighted by Crippen LogP contribution is -2.03. The predicted octanol–water partition coefficient (Wildman–Crippen LogP) is 3.83. The number of hydrogen-bond acceptors (Lipinski definition) is 3. The number of hydrogen-bond donors (Lipinski definition) is 2. The molecule has 0 bridgehead atoms. The van der Waals surface area contributed by atoms with Crippen LogP contribution < -0.4 is 5.32 Å². The molecule has 2 aromatic carbocycles. The fourth-order valence-corrected chi connectivity index (χ4v) is 2.25. The number of nitro benzene ring substituents is 1. The van der Waals surface area contributed by atoms with Crippen LogP contribution in [0.2, 0.25) is 0 Å². The molecule has 0 saturated carbocycles. The molecule has 2 N–H and O–H groups in total. The molecule has 1 heterocycles. The second-order valence-electron chi connectivity index (χ2n) is 4.63. The molecule has 21 heavy (non-hydrogen) atoms. The SMILES string of the molecule is O=[N+]([O-])c1ccc(F)c(NCc2cccc3cc[nH]c23)c1. The van der Waals surface area contributed by atoms with Crippen molar-refractivity contribution in [2.24, 2.45) is 0 Å². The van der Waals surface area contributed by atoms with Crippen LogP contribution >= 0.6 is 0 Å². The molecular weight excluding hydrogens is 273 g/mol. The lowest BCUT2D eigenvalue weighted by atomic mass is 10.1. The van der Waals surface area contributed by atoms with E-state index in [0.717, 1.165) is 28.6 Å². The molecule has 3 rings (SSSR count). The van der Waals surface area contributed by atoms with Gasteiger partial charge in [0.1, 0.15) is 5.82 Å². The summed E-state index contributed by atoms with van der Waals surface area (Å²) in [6.07, 6.45) is 1.84. The maximum absolute atomic E-state index is 13.7. The minimum Gasteiger partial charge on any atom is -0.378 e. The Morgan fingerprint density at radius 1 is 1.24 bits per heavy atom. The number of rotatable bonds is 4. The molecule has 0 spiro atoms. The quantitative estimate of drug-likeness (QED) is 0.565. The Hall–Kier alpha value is -2.89. The molecule has 0 atom stereocenters. The van der Waals surface area contributed by atoms with Crippen molar-refractivity contribution in [1.82, 2.24) is 4.98 Å². The summed E-state index contributed by atoms with van der Waals surface area (Å²) in [5, 5.41) is 14.7. The highest BCUT2D eigenvalue weighted by Gasteiger charge is 2.11. The third-order valence-electron chi connectivity index (χ3n) is 3.30. The van der Waals surface area contributed by atoms with E-state index in [0.29, 0.717) is 6.54 Å². The van der Waals surface area contributed by atoms with E-state index >= 15 is 0 Å². The van der Waals surface area contributed by atoms with E-state index < -0.39 is 10.7 Å². The zero-order chi connectivity index (χ0) is 14.8. The van der Waals surface area contributed by atoms with Crippen LogP contribution in [0.15, 0.2) is 48.7 Å². The van der Waals surface area contributed by atoms with Gasteiger partial charge in [-0.25, -0.2) is 4.39 Å². The number of nitro groups is 1. The fraction of sp³-hybridized carbons (Fsp3) is 0.0667. The van der Waals surface area contributed by atoms with Crippen LogP contribution in [0.5, 0.6) is 0 Å². The van der Waals surface area contributed by atoms with E-state index in [1.807, 2.05) is 30.5 Å². The summed E-state index contributed by atoms with van der Waals surface area (Å²) in [5.41, 5.74) is 1.91. The van der Waals surface area contributed by atoms with Crippen molar-refractivity contribution in [2.75, 3.05) is 5.32 Å². The summed E-state index contributed by atoms with van der Waals surface area (Å²) in [4.78, 5) is 13.3. The second kappa shape index (κ2) is 5.24. The van der Waals surface area contributed by atoms with E-state index in [9.17, 15) is 14.5 Å². The zero-order valence-electron chi connectivity index (χ0n) is 11.0. The molecule has 0 amide bonds. The van der Waals surface area contributed by atoms with Crippen LogP contribution in [0.25, 0.3) is 10.9 Å². The topological polar surface area (TPSA) is 71.0 Å². The second-order valence-corrected chi connectivity index (χ2v) is 4.63. The number of non-ortho nitro benzene ring substituents is 1. The maximum atomic E-state index is 13.7. The van der Waals surface area contributed by atoms with Crippen molar-refractivity contribution in [1.29, 1.82) is 0 Å². The highest BCUT2D eigenvalue weighted by Crippen LogP contribution is 2.23. The maximum Gasteiger partial charge on any atom is 0.271 e. The first-order chi connectivity index (χ1) is 10.1. The molecular formula is C15H12FN3O2. The third kappa shape index (κ3) is 2.55. The number of halogens is 1. The average Bonchev–Trinajstić information content (AvgIpc) is 2.95. The molecule has 0 saturated heterocycles. The predicted molar refractivity (Wildman–Crippen MR) is 78.7 cm³/mol. The highest BCUT2D eigenvalue weighted by molar-refractivity contribution is 5.82. The van der Waals surface area contributed by atoms with Crippen molar-refractivity contribution < 1.29 is 9.31 Å². The molecule has 1 aromatic heterocycles. The van der Waals surface area contributed by atoms with Gasteiger partial charge in [0.05, 0.1) is 16.1 Å². The Labute approximate surface area is 119 Å². The van der Waals surface area contributed by atoms with Gasteiger partial charge in [-0.1, -0.05) is 18.2 Å². The summed E-state index contributed by atoms with van der Waals surface area (Å²) >= 11 is 0. The number of nitrogens with zero attached hydrogens (tertiary/aromatic N) is 1. The molecule has 3 aromatic rings. The standard InChI is InChI=1S/C15H12FN3O2/c16-13-5-4-12(19(20)21)8-14(13)18-9-11-3-1-2-10-6-7-17-15(10)11/h1-8,17-18H,9H2. The number of para-hydroxylation sites is 1. The van der Waals surface area contributed by atoms with Gasteiger partial charge >= 0.3 is 0 Å². The van der Waals surface area contributed by atoms with E-state index in [1.54, 1.807) is 0 Å². The Morgan fingerprint density at radius 2 is 2.10 bits per heavy atom. The molecule has 0 aliphatic rings. The number of fused-ring (bicyclic) bond motifs is 1. The smallest absolute Gasteiger partial charge is 0.271 e. The number of anilines is 1. The first-order valence-electron chi connectivity index (χ1n) is 6.38. The Kier molecular flexibility index (Phi) is 3.27. The lowest BCUT2D eigenvalue weighted by molar-refractivity contribution is -0.384. The Balaban J connectivity index is 1.86. The largest absolute Gasteiger partial charge is 0.378 e. The van der Waals surface area contributed by atoms with E-state index in [1.165, 1.54) is 6.07 Å². The number of aromatic amines is 1. The normalized spacial score (nSPS) is 10.7. The number of H-pyrrole nitrogens is 1. The van der Waals surface area contributed by atoms with Gasteiger partial charge < -0.3 is 10.3 Å². The minimum absolute atomic E-state index is 0.118. The van der Waals surface area contributed by atoms with Crippen molar-refractivity contribution in [2.45, 2.75) is 6.54 Å². The van der Waals surface area contributed by atoms with E-state index in [4.69, 9.17) is 0 Å². The lowest BCUT2D eigenvalue weighted by Gasteiger charge is -2.08. The van der Waals surface area contributed by atoms with Gasteiger partial charge in [-0.2, -0.15) is 0 Å². The van der Waals surface area contributed by atoms with Crippen molar-refractivity contribution >= 4 is 22.3 Å². The van der Waals surface area contributed by atoms with Gasteiger partial charge in [0.2, 0.25) is 0 Å². The molecule has 0 aliphatic carbocycles. The molecule has 0 fully saturated rings. The number of benzene rings is 2.